The van der Waals surface area contributed by atoms with E-state index in [9.17, 15) is 4.79 Å². The lowest BCUT2D eigenvalue weighted by atomic mass is 9.87. The van der Waals surface area contributed by atoms with Crippen LogP contribution in [0.2, 0.25) is 5.02 Å². The molecule has 3 heteroatoms. The Bertz CT molecular complexity index is 683. The van der Waals surface area contributed by atoms with Crippen molar-refractivity contribution in [2.45, 2.75) is 31.7 Å². The van der Waals surface area contributed by atoms with Gasteiger partial charge < -0.3 is 4.90 Å². The molecule has 0 bridgehead atoms. The first-order valence-corrected chi connectivity index (χ1v) is 8.11. The van der Waals surface area contributed by atoms with Crippen LogP contribution in [-0.4, -0.2) is 17.9 Å². The second-order valence-electron chi connectivity index (χ2n) is 5.92. The third kappa shape index (κ3) is 3.17. The van der Waals surface area contributed by atoms with Crippen LogP contribution in [0.1, 0.15) is 35.6 Å². The number of amides is 1. The third-order valence-electron chi connectivity index (χ3n) is 4.44. The second kappa shape index (κ2) is 6.53. The summed E-state index contributed by atoms with van der Waals surface area (Å²) in [6.07, 6.45) is 3.68. The van der Waals surface area contributed by atoms with Crippen LogP contribution in [0.15, 0.2) is 48.5 Å². The number of fused-ring (bicyclic) bond motifs is 1. The van der Waals surface area contributed by atoms with Gasteiger partial charge in [-0.2, -0.15) is 0 Å². The predicted molar refractivity (Wildman–Crippen MR) is 90.0 cm³/mol. The molecule has 2 aromatic rings. The van der Waals surface area contributed by atoms with E-state index in [0.29, 0.717) is 11.4 Å². The maximum Gasteiger partial charge on any atom is 0.227 e. The molecule has 2 aromatic carbocycles. The molecule has 114 valence electrons. The minimum absolute atomic E-state index is 0.143. The number of aryl methyl sites for hydroxylation is 1. The van der Waals surface area contributed by atoms with Gasteiger partial charge >= 0.3 is 0 Å². The van der Waals surface area contributed by atoms with Crippen LogP contribution in [-0.2, 0) is 17.6 Å². The molecule has 0 heterocycles. The zero-order valence-electron chi connectivity index (χ0n) is 12.8. The van der Waals surface area contributed by atoms with Gasteiger partial charge in [0.05, 0.1) is 12.5 Å². The fourth-order valence-corrected chi connectivity index (χ4v) is 3.46. The van der Waals surface area contributed by atoms with Crippen LogP contribution in [0.3, 0.4) is 0 Å². The normalized spacial score (nSPS) is 16.9. The van der Waals surface area contributed by atoms with Gasteiger partial charge in [0.25, 0.3) is 0 Å². The molecule has 0 aromatic heterocycles. The number of likely N-dealkylation sites (N-methyl/N-ethyl adjacent to an activating group) is 1. The van der Waals surface area contributed by atoms with Crippen LogP contribution < -0.4 is 0 Å². The van der Waals surface area contributed by atoms with E-state index in [1.54, 1.807) is 0 Å². The van der Waals surface area contributed by atoms with Crippen molar-refractivity contribution in [1.29, 1.82) is 0 Å². The van der Waals surface area contributed by atoms with Gasteiger partial charge in [-0.1, -0.05) is 48.0 Å². The molecular weight excluding hydrogens is 294 g/mol. The molecule has 1 aliphatic rings. The summed E-state index contributed by atoms with van der Waals surface area (Å²) in [7, 11) is 1.92. The summed E-state index contributed by atoms with van der Waals surface area (Å²) in [5.41, 5.74) is 3.64. The van der Waals surface area contributed by atoms with Gasteiger partial charge in [-0.15, -0.1) is 0 Å². The first-order valence-electron chi connectivity index (χ1n) is 7.73. The number of benzene rings is 2. The molecule has 0 radical (unpaired) electrons. The van der Waals surface area contributed by atoms with E-state index in [-0.39, 0.29) is 11.9 Å². The van der Waals surface area contributed by atoms with Gasteiger partial charge in [0, 0.05) is 12.1 Å². The number of halogens is 1. The van der Waals surface area contributed by atoms with Crippen molar-refractivity contribution in [3.63, 3.8) is 0 Å². The molecule has 0 N–H and O–H groups in total. The SMILES string of the molecule is CN(C(=O)Cc1cccc(Cl)c1)C1CCCc2ccccc21. The van der Waals surface area contributed by atoms with Crippen molar-refractivity contribution in [3.8, 4) is 0 Å². The molecule has 0 saturated carbocycles. The minimum Gasteiger partial charge on any atom is -0.338 e. The van der Waals surface area contributed by atoms with E-state index in [2.05, 4.69) is 24.3 Å². The van der Waals surface area contributed by atoms with E-state index in [1.165, 1.54) is 11.1 Å². The highest BCUT2D eigenvalue weighted by Crippen LogP contribution is 2.33. The summed E-state index contributed by atoms with van der Waals surface area (Å²) < 4.78 is 0. The van der Waals surface area contributed by atoms with Crippen LogP contribution >= 0.6 is 11.6 Å². The molecule has 3 rings (SSSR count). The van der Waals surface area contributed by atoms with E-state index in [4.69, 9.17) is 11.6 Å². The fourth-order valence-electron chi connectivity index (χ4n) is 3.25. The molecule has 0 aliphatic heterocycles. The quantitative estimate of drug-likeness (QED) is 0.821. The molecule has 1 unspecified atom stereocenters. The standard InChI is InChI=1S/C19H20ClNO/c1-21(19(22)13-14-6-4-9-16(20)12-14)18-11-5-8-15-7-2-3-10-17(15)18/h2-4,6-7,9-10,12,18H,5,8,11,13H2,1H3. The molecule has 1 atom stereocenters. The van der Waals surface area contributed by atoms with E-state index in [1.807, 2.05) is 36.2 Å². The number of carbonyl (C=O) groups excluding carboxylic acids is 1. The lowest BCUT2D eigenvalue weighted by Gasteiger charge is -2.33. The topological polar surface area (TPSA) is 20.3 Å². The average molecular weight is 314 g/mol. The Kier molecular flexibility index (Phi) is 4.49. The Morgan fingerprint density at radius 3 is 2.86 bits per heavy atom. The fraction of sp³-hybridized carbons (Fsp3) is 0.316. The first-order chi connectivity index (χ1) is 10.6. The molecular formula is C19H20ClNO. The van der Waals surface area contributed by atoms with Gasteiger partial charge in [0.1, 0.15) is 0 Å². The summed E-state index contributed by atoms with van der Waals surface area (Å²) >= 11 is 6.00. The Hall–Kier alpha value is -1.80. The molecule has 22 heavy (non-hydrogen) atoms. The highest BCUT2D eigenvalue weighted by atomic mass is 35.5. The van der Waals surface area contributed by atoms with Crippen molar-refractivity contribution < 1.29 is 4.79 Å². The van der Waals surface area contributed by atoms with Crippen molar-refractivity contribution in [3.05, 3.63) is 70.2 Å². The predicted octanol–water partition coefficient (Wildman–Crippen LogP) is 4.42. The number of hydrogen-bond donors (Lipinski definition) is 0. The summed E-state index contributed by atoms with van der Waals surface area (Å²) in [5, 5.41) is 0.677. The summed E-state index contributed by atoms with van der Waals surface area (Å²) in [6.45, 7) is 0. The number of hydrogen-bond acceptors (Lipinski definition) is 1. The average Bonchev–Trinajstić information content (AvgIpc) is 2.53. The molecule has 2 nitrogen and oxygen atoms in total. The lowest BCUT2D eigenvalue weighted by molar-refractivity contribution is -0.131. The Morgan fingerprint density at radius 2 is 2.05 bits per heavy atom. The second-order valence-corrected chi connectivity index (χ2v) is 6.35. The van der Waals surface area contributed by atoms with Gasteiger partial charge in [0.15, 0.2) is 0 Å². The molecule has 0 saturated heterocycles. The van der Waals surface area contributed by atoms with E-state index in [0.717, 1.165) is 24.8 Å². The van der Waals surface area contributed by atoms with Crippen molar-refractivity contribution in [2.75, 3.05) is 7.05 Å². The molecule has 1 amide bonds. The number of rotatable bonds is 3. The first kappa shape index (κ1) is 15.1. The van der Waals surface area contributed by atoms with E-state index >= 15 is 0 Å². The Morgan fingerprint density at radius 1 is 1.23 bits per heavy atom. The maximum absolute atomic E-state index is 12.6. The number of nitrogens with zero attached hydrogens (tertiary/aromatic N) is 1. The van der Waals surface area contributed by atoms with Crippen molar-refractivity contribution in [2.24, 2.45) is 0 Å². The van der Waals surface area contributed by atoms with Crippen LogP contribution in [0, 0.1) is 0 Å². The summed E-state index contributed by atoms with van der Waals surface area (Å²) in [4.78, 5) is 14.5. The monoisotopic (exact) mass is 313 g/mol. The third-order valence-corrected chi connectivity index (χ3v) is 4.68. The smallest absolute Gasteiger partial charge is 0.227 e. The Labute approximate surface area is 136 Å². The highest BCUT2D eigenvalue weighted by molar-refractivity contribution is 6.30. The van der Waals surface area contributed by atoms with Crippen molar-refractivity contribution >= 4 is 17.5 Å². The summed E-state index contributed by atoms with van der Waals surface area (Å²) in [5.74, 6) is 0.143. The van der Waals surface area contributed by atoms with Gasteiger partial charge in [0.2, 0.25) is 5.91 Å². The zero-order chi connectivity index (χ0) is 15.5. The van der Waals surface area contributed by atoms with E-state index < -0.39 is 0 Å². The van der Waals surface area contributed by atoms with Crippen LogP contribution in [0.4, 0.5) is 0 Å². The van der Waals surface area contributed by atoms with Gasteiger partial charge in [-0.05, 0) is 48.1 Å². The highest BCUT2D eigenvalue weighted by Gasteiger charge is 2.26. The molecule has 0 spiro atoms. The summed E-state index contributed by atoms with van der Waals surface area (Å²) in [6, 6.07) is 16.2. The Balaban J connectivity index is 1.77. The van der Waals surface area contributed by atoms with Gasteiger partial charge in [-0.3, -0.25) is 4.79 Å². The lowest BCUT2D eigenvalue weighted by Crippen LogP contribution is -2.34. The van der Waals surface area contributed by atoms with Crippen LogP contribution in [0.5, 0.6) is 0 Å². The largest absolute Gasteiger partial charge is 0.338 e. The maximum atomic E-state index is 12.6. The van der Waals surface area contributed by atoms with Crippen molar-refractivity contribution in [1.82, 2.24) is 4.90 Å². The van der Waals surface area contributed by atoms with Gasteiger partial charge in [-0.25, -0.2) is 0 Å². The van der Waals surface area contributed by atoms with Crippen LogP contribution in [0.25, 0.3) is 0 Å². The molecule has 0 fully saturated rings. The number of carbonyl (C=O) groups is 1. The zero-order valence-corrected chi connectivity index (χ0v) is 13.5. The molecule has 1 aliphatic carbocycles. The minimum atomic E-state index is 0.143.